The number of anilines is 1. The van der Waals surface area contributed by atoms with Gasteiger partial charge in [-0.3, -0.25) is 14.6 Å². The highest BCUT2D eigenvalue weighted by atomic mass is 16.5. The van der Waals surface area contributed by atoms with Crippen LogP contribution in [-0.2, 0) is 9.59 Å². The highest BCUT2D eigenvalue weighted by Gasteiger charge is 2.42. The van der Waals surface area contributed by atoms with Gasteiger partial charge in [0.05, 0.1) is 13.0 Å². The van der Waals surface area contributed by atoms with Gasteiger partial charge in [-0.05, 0) is 62.1 Å². The van der Waals surface area contributed by atoms with Gasteiger partial charge in [0.1, 0.15) is 11.6 Å². The topological polar surface area (TPSA) is 80.6 Å². The average molecular weight is 403 g/mol. The summed E-state index contributed by atoms with van der Waals surface area (Å²) in [6, 6.07) is 11.3. The van der Waals surface area contributed by atoms with Crippen LogP contribution in [0, 0.1) is 12.8 Å². The van der Waals surface area contributed by atoms with Crippen molar-refractivity contribution in [1.82, 2.24) is 4.98 Å². The molecule has 2 atom stereocenters. The van der Waals surface area contributed by atoms with Crippen LogP contribution in [0.2, 0.25) is 0 Å². The molecule has 0 bridgehead atoms. The van der Waals surface area contributed by atoms with Crippen LogP contribution < -0.4 is 10.1 Å². The number of ether oxygens (including phenoxy) is 1. The number of nitrogens with zero attached hydrogens (tertiary/aromatic N) is 2. The van der Waals surface area contributed by atoms with Crippen molar-refractivity contribution in [3.05, 3.63) is 65.0 Å². The Balaban J connectivity index is 1.78. The Morgan fingerprint density at radius 3 is 2.77 bits per heavy atom. The Morgan fingerprint density at radius 2 is 2.00 bits per heavy atom. The molecule has 6 heteroatoms. The number of benzene rings is 1. The maximum atomic E-state index is 13.4. The van der Waals surface area contributed by atoms with Crippen molar-refractivity contribution in [1.29, 1.82) is 0 Å². The number of amides is 1. The molecule has 1 aliphatic heterocycles. The highest BCUT2D eigenvalue weighted by molar-refractivity contribution is 6.13. The number of ketones is 1. The Kier molecular flexibility index (Phi) is 5.48. The Morgan fingerprint density at radius 1 is 1.17 bits per heavy atom. The number of hydrogen-bond donors (Lipinski definition) is 1. The van der Waals surface area contributed by atoms with Crippen LogP contribution in [0.15, 0.2) is 58.9 Å². The van der Waals surface area contributed by atoms with E-state index in [2.05, 4.69) is 10.3 Å². The van der Waals surface area contributed by atoms with E-state index in [0.717, 1.165) is 29.7 Å². The number of aromatic nitrogens is 1. The van der Waals surface area contributed by atoms with E-state index in [4.69, 9.17) is 9.73 Å². The van der Waals surface area contributed by atoms with Gasteiger partial charge in [-0.2, -0.15) is 0 Å². The van der Waals surface area contributed by atoms with Crippen LogP contribution in [0.4, 0.5) is 5.82 Å². The molecule has 0 spiro atoms. The number of carbonyl (C=O) groups excluding carboxylic acids is 2. The molecule has 30 heavy (non-hydrogen) atoms. The minimum Gasteiger partial charge on any atom is -0.497 e. The Labute approximate surface area is 176 Å². The molecule has 6 nitrogen and oxygen atoms in total. The van der Waals surface area contributed by atoms with Crippen molar-refractivity contribution in [3.63, 3.8) is 0 Å². The number of carbonyl (C=O) groups is 2. The molecule has 1 amide bonds. The molecular weight excluding hydrogens is 378 g/mol. The summed E-state index contributed by atoms with van der Waals surface area (Å²) in [6.45, 7) is 3.81. The predicted molar refractivity (Wildman–Crippen MR) is 116 cm³/mol. The number of Topliss-reactive ketones (excluding diaryl/α,β-unsaturated/α-hetero) is 1. The van der Waals surface area contributed by atoms with E-state index in [-0.39, 0.29) is 11.7 Å². The van der Waals surface area contributed by atoms with Crippen molar-refractivity contribution in [2.75, 3.05) is 12.4 Å². The number of aliphatic imine (C=N–C) groups is 1. The van der Waals surface area contributed by atoms with E-state index in [1.807, 2.05) is 50.2 Å². The molecule has 1 aliphatic carbocycles. The first kappa shape index (κ1) is 20.0. The molecule has 0 radical (unpaired) electrons. The SMILES string of the molecule is COc1cccc([C@H]2C3=C(CCCC3=O)N=C(C)C2C(=O)Nc2cc(C)ccn2)c1. The first-order valence-electron chi connectivity index (χ1n) is 10.2. The summed E-state index contributed by atoms with van der Waals surface area (Å²) in [6.07, 6.45) is 3.70. The fourth-order valence-electron chi connectivity index (χ4n) is 4.35. The summed E-state index contributed by atoms with van der Waals surface area (Å²) in [4.78, 5) is 35.3. The third kappa shape index (κ3) is 3.77. The highest BCUT2D eigenvalue weighted by Crippen LogP contribution is 2.44. The summed E-state index contributed by atoms with van der Waals surface area (Å²) in [7, 11) is 1.61. The minimum absolute atomic E-state index is 0.0757. The lowest BCUT2D eigenvalue weighted by Crippen LogP contribution is -2.39. The second-order valence-corrected chi connectivity index (χ2v) is 7.83. The van der Waals surface area contributed by atoms with Gasteiger partial charge in [0.15, 0.2) is 5.78 Å². The number of aryl methyl sites for hydroxylation is 1. The van der Waals surface area contributed by atoms with Gasteiger partial charge in [-0.1, -0.05) is 12.1 Å². The third-order valence-corrected chi connectivity index (χ3v) is 5.74. The molecule has 2 heterocycles. The van der Waals surface area contributed by atoms with E-state index in [0.29, 0.717) is 29.3 Å². The fraction of sp³-hybridized carbons (Fsp3) is 0.333. The lowest BCUT2D eigenvalue weighted by molar-refractivity contribution is -0.119. The van der Waals surface area contributed by atoms with E-state index in [9.17, 15) is 9.59 Å². The van der Waals surface area contributed by atoms with Gasteiger partial charge in [0.25, 0.3) is 0 Å². The van der Waals surface area contributed by atoms with Crippen LogP contribution in [0.3, 0.4) is 0 Å². The van der Waals surface area contributed by atoms with Crippen LogP contribution >= 0.6 is 0 Å². The Bertz CT molecular complexity index is 1070. The molecule has 2 aromatic rings. The minimum atomic E-state index is -0.597. The molecule has 0 saturated heterocycles. The lowest BCUT2D eigenvalue weighted by Gasteiger charge is -2.35. The molecule has 1 aromatic carbocycles. The Hall–Kier alpha value is -3.28. The zero-order chi connectivity index (χ0) is 21.3. The summed E-state index contributed by atoms with van der Waals surface area (Å²) >= 11 is 0. The van der Waals surface area contributed by atoms with E-state index >= 15 is 0 Å². The third-order valence-electron chi connectivity index (χ3n) is 5.74. The van der Waals surface area contributed by atoms with Crippen LogP contribution in [0.5, 0.6) is 5.75 Å². The number of methoxy groups -OCH3 is 1. The smallest absolute Gasteiger partial charge is 0.235 e. The molecule has 0 fully saturated rings. The first-order valence-corrected chi connectivity index (χ1v) is 10.2. The maximum absolute atomic E-state index is 13.4. The van der Waals surface area contributed by atoms with Gasteiger partial charge < -0.3 is 10.1 Å². The van der Waals surface area contributed by atoms with Crippen LogP contribution in [0.25, 0.3) is 0 Å². The second kappa shape index (κ2) is 8.22. The molecule has 0 saturated carbocycles. The normalized spacial score (nSPS) is 21.0. The molecular formula is C24H25N3O3. The zero-order valence-electron chi connectivity index (χ0n) is 17.4. The van der Waals surface area contributed by atoms with Gasteiger partial charge in [-0.15, -0.1) is 0 Å². The van der Waals surface area contributed by atoms with Gasteiger partial charge in [0.2, 0.25) is 5.91 Å². The number of rotatable bonds is 4. The molecule has 154 valence electrons. The van der Waals surface area contributed by atoms with E-state index in [1.165, 1.54) is 0 Å². The molecule has 2 aliphatic rings. The number of nitrogens with one attached hydrogen (secondary N) is 1. The van der Waals surface area contributed by atoms with Crippen LogP contribution in [-0.4, -0.2) is 29.5 Å². The number of hydrogen-bond acceptors (Lipinski definition) is 5. The summed E-state index contributed by atoms with van der Waals surface area (Å²) in [5.74, 6) is 0.0499. The zero-order valence-corrected chi connectivity index (χ0v) is 17.4. The monoisotopic (exact) mass is 403 g/mol. The number of pyridine rings is 1. The summed E-state index contributed by atoms with van der Waals surface area (Å²) in [5.41, 5.74) is 4.07. The summed E-state index contributed by atoms with van der Waals surface area (Å²) in [5, 5.41) is 2.93. The van der Waals surface area contributed by atoms with Gasteiger partial charge in [0, 0.05) is 35.5 Å². The van der Waals surface area contributed by atoms with E-state index in [1.54, 1.807) is 13.3 Å². The quantitative estimate of drug-likeness (QED) is 0.829. The maximum Gasteiger partial charge on any atom is 0.235 e. The van der Waals surface area contributed by atoms with Crippen molar-refractivity contribution in [3.8, 4) is 5.75 Å². The number of allylic oxidation sites excluding steroid dienone is 2. The summed E-state index contributed by atoms with van der Waals surface area (Å²) < 4.78 is 5.40. The van der Waals surface area contributed by atoms with Gasteiger partial charge in [-0.25, -0.2) is 4.98 Å². The standard InChI is InChI=1S/C24H25N3O3/c1-14-10-11-25-20(12-14)27-24(29)21-15(2)26-18-8-5-9-19(28)23(18)22(21)16-6-4-7-17(13-16)30-3/h4,6-7,10-13,21-22H,5,8-9H2,1-3H3,(H,25,27,29)/t21?,22-/m1/s1. The first-order chi connectivity index (χ1) is 14.5. The fourth-order valence-corrected chi connectivity index (χ4v) is 4.35. The molecule has 4 rings (SSSR count). The van der Waals surface area contributed by atoms with Crippen molar-refractivity contribution >= 4 is 23.2 Å². The molecule has 1 N–H and O–H groups in total. The molecule has 1 aromatic heterocycles. The average Bonchev–Trinajstić information content (AvgIpc) is 2.73. The van der Waals surface area contributed by atoms with Crippen molar-refractivity contribution in [2.45, 2.75) is 39.0 Å². The van der Waals surface area contributed by atoms with Gasteiger partial charge >= 0.3 is 0 Å². The van der Waals surface area contributed by atoms with Crippen molar-refractivity contribution < 1.29 is 14.3 Å². The second-order valence-electron chi connectivity index (χ2n) is 7.83. The van der Waals surface area contributed by atoms with E-state index < -0.39 is 11.8 Å². The van der Waals surface area contributed by atoms with Crippen LogP contribution in [0.1, 0.15) is 43.2 Å². The largest absolute Gasteiger partial charge is 0.497 e. The molecule has 1 unspecified atom stereocenters. The lowest BCUT2D eigenvalue weighted by atomic mass is 9.71. The predicted octanol–water partition coefficient (Wildman–Crippen LogP) is 4.22. The van der Waals surface area contributed by atoms with Crippen molar-refractivity contribution in [2.24, 2.45) is 10.9 Å².